The molecule has 1 aliphatic carbocycles. The molecule has 1 amide bonds. The molecule has 2 atom stereocenters. The smallest absolute Gasteiger partial charge is 0.262 e. The monoisotopic (exact) mass is 334 g/mol. The van der Waals surface area contributed by atoms with Crippen LogP contribution in [-0.4, -0.2) is 16.0 Å². The van der Waals surface area contributed by atoms with Crippen molar-refractivity contribution in [2.75, 3.05) is 0 Å². The molecule has 1 heterocycles. The number of pyridine rings is 1. The van der Waals surface area contributed by atoms with Gasteiger partial charge in [-0.1, -0.05) is 29.8 Å². The van der Waals surface area contributed by atoms with Crippen molar-refractivity contribution >= 4 is 17.5 Å². The predicted molar refractivity (Wildman–Crippen MR) is 84.5 cm³/mol. The van der Waals surface area contributed by atoms with Crippen molar-refractivity contribution in [1.29, 1.82) is 0 Å². The second kappa shape index (κ2) is 6.26. The molecule has 1 aromatic carbocycles. The fraction of sp³-hybridized carbons (Fsp3) is 0.294. The number of nitrogens with zero attached hydrogens (tertiary/aromatic N) is 1. The number of carbonyl (C=O) groups is 1. The molecule has 23 heavy (non-hydrogen) atoms. The molecular formula is C17H16ClFN2O2. The first kappa shape index (κ1) is 15.9. The number of hydrogen-bond donors (Lipinski definition) is 2. The van der Waals surface area contributed by atoms with Gasteiger partial charge in [-0.3, -0.25) is 9.78 Å². The van der Waals surface area contributed by atoms with E-state index < -0.39 is 17.7 Å². The van der Waals surface area contributed by atoms with E-state index in [2.05, 4.69) is 10.3 Å². The second-order valence-corrected chi connectivity index (χ2v) is 6.04. The van der Waals surface area contributed by atoms with Gasteiger partial charge in [0.15, 0.2) is 0 Å². The zero-order chi connectivity index (χ0) is 16.4. The molecule has 0 fully saturated rings. The summed E-state index contributed by atoms with van der Waals surface area (Å²) >= 11 is 5.81. The van der Waals surface area contributed by atoms with E-state index in [4.69, 9.17) is 11.6 Å². The number of benzene rings is 1. The highest BCUT2D eigenvalue weighted by Gasteiger charge is 2.46. The van der Waals surface area contributed by atoms with Crippen LogP contribution in [0.1, 0.15) is 35.8 Å². The van der Waals surface area contributed by atoms with Crippen molar-refractivity contribution in [3.63, 3.8) is 0 Å². The lowest BCUT2D eigenvalue weighted by Gasteiger charge is -2.32. The fourth-order valence-electron chi connectivity index (χ4n) is 2.79. The van der Waals surface area contributed by atoms with Crippen molar-refractivity contribution in [1.82, 2.24) is 10.3 Å². The second-order valence-electron chi connectivity index (χ2n) is 5.60. The standard InChI is InChI=1S/C17H16ClFN2O2/c18-12-5-3-11(4-6-12)10-21-16(23)17(19)8-7-14(22)15-13(17)2-1-9-20-15/h1-6,9,14,22H,7-8,10H2,(H,21,23)/t14-,17-/m0/s1. The average Bonchev–Trinajstić information content (AvgIpc) is 2.58. The zero-order valence-corrected chi connectivity index (χ0v) is 13.1. The number of fused-ring (bicyclic) bond motifs is 1. The Balaban J connectivity index is 1.79. The van der Waals surface area contributed by atoms with Gasteiger partial charge in [0.1, 0.15) is 0 Å². The van der Waals surface area contributed by atoms with E-state index in [0.717, 1.165) is 5.56 Å². The van der Waals surface area contributed by atoms with E-state index in [0.29, 0.717) is 5.02 Å². The highest BCUT2D eigenvalue weighted by molar-refractivity contribution is 6.30. The van der Waals surface area contributed by atoms with Gasteiger partial charge in [0.05, 0.1) is 11.8 Å². The Hall–Kier alpha value is -1.98. The van der Waals surface area contributed by atoms with Crippen LogP contribution in [0.3, 0.4) is 0 Å². The topological polar surface area (TPSA) is 62.2 Å². The normalized spacial score (nSPS) is 23.2. The van der Waals surface area contributed by atoms with Gasteiger partial charge in [-0.05, 0) is 36.6 Å². The van der Waals surface area contributed by atoms with Crippen LogP contribution in [0, 0.1) is 0 Å². The summed E-state index contributed by atoms with van der Waals surface area (Å²) in [5.41, 5.74) is -0.959. The Kier molecular flexibility index (Phi) is 4.33. The summed E-state index contributed by atoms with van der Waals surface area (Å²) in [6, 6.07) is 10.0. The molecular weight excluding hydrogens is 319 g/mol. The summed E-state index contributed by atoms with van der Waals surface area (Å²) in [4.78, 5) is 16.4. The highest BCUT2D eigenvalue weighted by atomic mass is 35.5. The number of rotatable bonds is 3. The van der Waals surface area contributed by atoms with E-state index in [1.807, 2.05) is 0 Å². The average molecular weight is 335 g/mol. The van der Waals surface area contributed by atoms with E-state index >= 15 is 4.39 Å². The lowest BCUT2D eigenvalue weighted by Crippen LogP contribution is -2.44. The van der Waals surface area contributed by atoms with Gasteiger partial charge in [-0.2, -0.15) is 0 Å². The van der Waals surface area contributed by atoms with E-state index in [-0.39, 0.29) is 30.6 Å². The van der Waals surface area contributed by atoms with E-state index in [1.165, 1.54) is 12.3 Å². The number of aliphatic hydroxyl groups is 1. The molecule has 0 aliphatic heterocycles. The van der Waals surface area contributed by atoms with Gasteiger partial charge in [0.2, 0.25) is 5.67 Å². The Bertz CT molecular complexity index is 723. The van der Waals surface area contributed by atoms with Crippen molar-refractivity contribution in [2.24, 2.45) is 0 Å². The number of alkyl halides is 1. The highest BCUT2D eigenvalue weighted by Crippen LogP contribution is 2.42. The van der Waals surface area contributed by atoms with Crippen molar-refractivity contribution in [3.8, 4) is 0 Å². The maximum absolute atomic E-state index is 15.3. The maximum Gasteiger partial charge on any atom is 0.262 e. The summed E-state index contributed by atoms with van der Waals surface area (Å²) in [6.45, 7) is 0.208. The van der Waals surface area contributed by atoms with Crippen LogP contribution >= 0.6 is 11.6 Å². The first-order valence-electron chi connectivity index (χ1n) is 7.36. The van der Waals surface area contributed by atoms with Crippen LogP contribution in [0.4, 0.5) is 4.39 Å². The number of carbonyl (C=O) groups excluding carboxylic acids is 1. The lowest BCUT2D eigenvalue weighted by molar-refractivity contribution is -0.135. The third-order valence-corrected chi connectivity index (χ3v) is 4.32. The molecule has 0 bridgehead atoms. The molecule has 0 saturated carbocycles. The molecule has 0 radical (unpaired) electrons. The zero-order valence-electron chi connectivity index (χ0n) is 12.3. The van der Waals surface area contributed by atoms with Crippen LogP contribution in [0.5, 0.6) is 0 Å². The minimum atomic E-state index is -2.17. The summed E-state index contributed by atoms with van der Waals surface area (Å²) in [5.74, 6) is -0.714. The van der Waals surface area contributed by atoms with Crippen LogP contribution in [0.25, 0.3) is 0 Å². The van der Waals surface area contributed by atoms with Gasteiger partial charge in [-0.15, -0.1) is 0 Å². The third kappa shape index (κ3) is 3.07. The van der Waals surface area contributed by atoms with E-state index in [1.54, 1.807) is 30.3 Å². The van der Waals surface area contributed by atoms with Gasteiger partial charge < -0.3 is 10.4 Å². The van der Waals surface area contributed by atoms with Gasteiger partial charge >= 0.3 is 0 Å². The van der Waals surface area contributed by atoms with Gasteiger partial charge in [-0.25, -0.2) is 4.39 Å². The number of aliphatic hydroxyl groups excluding tert-OH is 1. The van der Waals surface area contributed by atoms with Crippen LogP contribution in [-0.2, 0) is 17.0 Å². The Morgan fingerprint density at radius 1 is 1.39 bits per heavy atom. The molecule has 2 aromatic rings. The minimum absolute atomic E-state index is 0.0701. The van der Waals surface area contributed by atoms with Crippen molar-refractivity contribution < 1.29 is 14.3 Å². The first-order valence-corrected chi connectivity index (χ1v) is 7.73. The lowest BCUT2D eigenvalue weighted by atomic mass is 9.81. The number of amides is 1. The molecule has 3 rings (SSSR count). The van der Waals surface area contributed by atoms with Crippen LogP contribution < -0.4 is 5.32 Å². The van der Waals surface area contributed by atoms with Crippen molar-refractivity contribution in [3.05, 3.63) is 64.4 Å². The van der Waals surface area contributed by atoms with Gasteiger partial charge in [0.25, 0.3) is 5.91 Å². The molecule has 1 aliphatic rings. The predicted octanol–water partition coefficient (Wildman–Crippen LogP) is 3.04. The molecule has 0 spiro atoms. The minimum Gasteiger partial charge on any atom is -0.387 e. The Morgan fingerprint density at radius 3 is 2.87 bits per heavy atom. The SMILES string of the molecule is O=C(NCc1ccc(Cl)cc1)[C@]1(F)CC[C@H](O)c2ncccc21. The molecule has 2 N–H and O–H groups in total. The number of hydrogen-bond acceptors (Lipinski definition) is 3. The van der Waals surface area contributed by atoms with Crippen LogP contribution in [0.2, 0.25) is 5.02 Å². The van der Waals surface area contributed by atoms with Crippen molar-refractivity contribution in [2.45, 2.75) is 31.2 Å². The summed E-state index contributed by atoms with van der Waals surface area (Å²) < 4.78 is 15.3. The largest absolute Gasteiger partial charge is 0.387 e. The van der Waals surface area contributed by atoms with Gasteiger partial charge in [0, 0.05) is 23.3 Å². The molecule has 6 heteroatoms. The molecule has 0 unspecified atom stereocenters. The summed E-state index contributed by atoms with van der Waals surface area (Å²) in [7, 11) is 0. The number of halogens is 2. The number of aromatic nitrogens is 1. The van der Waals surface area contributed by atoms with Crippen LogP contribution in [0.15, 0.2) is 42.6 Å². The summed E-state index contributed by atoms with van der Waals surface area (Å²) in [6.07, 6.45) is 0.743. The van der Waals surface area contributed by atoms with E-state index in [9.17, 15) is 9.90 Å². The quantitative estimate of drug-likeness (QED) is 0.907. The Labute approximate surface area is 138 Å². The summed E-state index contributed by atoms with van der Waals surface area (Å²) in [5, 5.41) is 13.2. The first-order chi connectivity index (χ1) is 11.0. The molecule has 1 aromatic heterocycles. The Morgan fingerprint density at radius 2 is 2.13 bits per heavy atom. The molecule has 120 valence electrons. The third-order valence-electron chi connectivity index (χ3n) is 4.07. The molecule has 4 nitrogen and oxygen atoms in total. The fourth-order valence-corrected chi connectivity index (χ4v) is 2.91. The maximum atomic E-state index is 15.3. The number of nitrogens with one attached hydrogen (secondary N) is 1. The molecule has 0 saturated heterocycles.